The van der Waals surface area contributed by atoms with Crippen LogP contribution in [-0.4, -0.2) is 114 Å². The van der Waals surface area contributed by atoms with Crippen LogP contribution >= 0.6 is 0 Å². The number of unbranched alkanes of at least 4 members (excludes halogenated alkanes) is 1. The highest BCUT2D eigenvalue weighted by Gasteiger charge is 2.40. The number of nitrogens with zero attached hydrogens (tertiary/aromatic N) is 2. The van der Waals surface area contributed by atoms with Crippen LogP contribution in [0.2, 0.25) is 0 Å². The molecule has 5 aromatic carbocycles. The Kier molecular flexibility index (Phi) is 12.8. The molecule has 3 heterocycles. The van der Waals surface area contributed by atoms with Crippen molar-refractivity contribution in [3.63, 3.8) is 0 Å². The lowest BCUT2D eigenvalue weighted by molar-refractivity contribution is 0.0254. The maximum Gasteiger partial charge on any atom is 0.265 e. The Morgan fingerprint density at radius 3 is 1.30 bits per heavy atom. The number of rotatable bonds is 4. The van der Waals surface area contributed by atoms with Crippen LogP contribution in [0.1, 0.15) is 61.2 Å². The van der Waals surface area contributed by atoms with Crippen molar-refractivity contribution < 1.29 is 57.1 Å². The molecule has 60 heavy (non-hydrogen) atoms. The summed E-state index contributed by atoms with van der Waals surface area (Å²) in [5, 5.41) is 2.69. The van der Waals surface area contributed by atoms with Crippen molar-refractivity contribution in [2.24, 2.45) is 0 Å². The fourth-order valence-corrected chi connectivity index (χ4v) is 7.46. The van der Waals surface area contributed by atoms with E-state index < -0.39 is 23.6 Å². The van der Waals surface area contributed by atoms with E-state index in [0.29, 0.717) is 93.0 Å². The minimum atomic E-state index is -0.609. The van der Waals surface area contributed by atoms with Gasteiger partial charge >= 0.3 is 0 Å². The molecule has 0 radical (unpaired) electrons. The van der Waals surface area contributed by atoms with Gasteiger partial charge in [-0.2, -0.15) is 0 Å². The van der Waals surface area contributed by atoms with E-state index in [4.69, 9.17) is 37.9 Å². The maximum absolute atomic E-state index is 14.3. The van der Waals surface area contributed by atoms with Crippen LogP contribution < -0.4 is 23.8 Å². The number of anilines is 1. The highest BCUT2D eigenvalue weighted by molar-refractivity contribution is 6.39. The lowest BCUT2D eigenvalue weighted by Gasteiger charge is -2.32. The van der Waals surface area contributed by atoms with Gasteiger partial charge in [0.15, 0.2) is 11.5 Å². The average Bonchev–Trinajstić information content (AvgIpc) is 3.25. The van der Waals surface area contributed by atoms with Crippen molar-refractivity contribution in [3.8, 4) is 23.0 Å². The number of carbonyl (C=O) groups is 4. The minimum absolute atomic E-state index is 0.159. The lowest BCUT2D eigenvalue weighted by atomic mass is 9.85. The van der Waals surface area contributed by atoms with Crippen LogP contribution in [0.4, 0.5) is 5.69 Å². The average molecular weight is 819 g/mol. The van der Waals surface area contributed by atoms with E-state index in [-0.39, 0.29) is 60.9 Å². The molecule has 0 N–H and O–H groups in total. The molecule has 8 rings (SSSR count). The van der Waals surface area contributed by atoms with Gasteiger partial charge in [0, 0.05) is 57.8 Å². The van der Waals surface area contributed by atoms with Crippen LogP contribution in [0.3, 0.4) is 0 Å². The van der Waals surface area contributed by atoms with Gasteiger partial charge in [-0.1, -0.05) is 37.6 Å². The number of fused-ring (bicyclic) bond motifs is 4. The highest BCUT2D eigenvalue weighted by atomic mass is 16.6. The molecule has 14 nitrogen and oxygen atoms in total. The summed E-state index contributed by atoms with van der Waals surface area (Å²) in [6.07, 6.45) is 1.47. The van der Waals surface area contributed by atoms with Gasteiger partial charge in [-0.25, -0.2) is 4.90 Å². The molecule has 2 bridgehead atoms. The first-order valence-corrected chi connectivity index (χ1v) is 20.3. The molecule has 3 aliphatic rings. The summed E-state index contributed by atoms with van der Waals surface area (Å²) in [4.78, 5) is 57.8. The van der Waals surface area contributed by atoms with E-state index >= 15 is 0 Å². The Morgan fingerprint density at radius 2 is 0.867 bits per heavy atom. The molecule has 0 unspecified atom stereocenters. The number of carbonyl (C=O) groups excluding carboxylic acids is 4. The smallest absolute Gasteiger partial charge is 0.265 e. The van der Waals surface area contributed by atoms with Gasteiger partial charge in [0.05, 0.1) is 58.5 Å². The molecule has 0 aliphatic carbocycles. The summed E-state index contributed by atoms with van der Waals surface area (Å²) in [7, 11) is 0. The van der Waals surface area contributed by atoms with Crippen molar-refractivity contribution in [2.45, 2.75) is 19.8 Å². The normalized spacial score (nSPS) is 17.5. The van der Waals surface area contributed by atoms with Gasteiger partial charge in [0.25, 0.3) is 23.6 Å². The second kappa shape index (κ2) is 18.9. The largest absolute Gasteiger partial charge is 0.491 e. The first kappa shape index (κ1) is 40.7. The zero-order chi connectivity index (χ0) is 41.4. The Balaban J connectivity index is 0.962. The number of imide groups is 2. The van der Waals surface area contributed by atoms with Crippen LogP contribution in [0, 0.1) is 0 Å². The van der Waals surface area contributed by atoms with Crippen LogP contribution in [0.25, 0.3) is 21.5 Å². The molecule has 0 saturated heterocycles. The fourth-order valence-electron chi connectivity index (χ4n) is 7.46. The summed E-state index contributed by atoms with van der Waals surface area (Å²) < 4.78 is 47.2. The molecule has 5 aromatic rings. The van der Waals surface area contributed by atoms with E-state index in [9.17, 15) is 19.2 Å². The van der Waals surface area contributed by atoms with Gasteiger partial charge in [0.2, 0.25) is 0 Å². The van der Waals surface area contributed by atoms with Crippen molar-refractivity contribution in [1.82, 2.24) is 4.90 Å². The molecule has 312 valence electrons. The summed E-state index contributed by atoms with van der Waals surface area (Å²) in [5.41, 5.74) is 1.19. The zero-order valence-electron chi connectivity index (χ0n) is 33.4. The third-order valence-electron chi connectivity index (χ3n) is 10.4. The molecule has 14 heteroatoms. The molecule has 4 amide bonds. The second-order valence-corrected chi connectivity index (χ2v) is 14.3. The molecule has 0 fully saturated rings. The number of hydrogen-bond acceptors (Lipinski definition) is 12. The Bertz CT molecular complexity index is 2260. The Morgan fingerprint density at radius 1 is 0.467 bits per heavy atom. The first-order chi connectivity index (χ1) is 29.4. The topological polar surface area (TPSA) is 149 Å². The summed E-state index contributed by atoms with van der Waals surface area (Å²) in [6, 6.07) is 23.0. The fraction of sp³-hybridized carbons (Fsp3) is 0.348. The molecule has 0 aromatic heterocycles. The van der Waals surface area contributed by atoms with Crippen LogP contribution in [0.5, 0.6) is 23.0 Å². The van der Waals surface area contributed by atoms with E-state index in [0.717, 1.165) is 22.1 Å². The van der Waals surface area contributed by atoms with Gasteiger partial charge in [0.1, 0.15) is 37.9 Å². The van der Waals surface area contributed by atoms with Gasteiger partial charge in [-0.15, -0.1) is 0 Å². The predicted octanol–water partition coefficient (Wildman–Crippen LogP) is 6.49. The summed E-state index contributed by atoms with van der Waals surface area (Å²) >= 11 is 0. The third kappa shape index (κ3) is 8.63. The first-order valence-electron chi connectivity index (χ1n) is 20.3. The molecular formula is C46H46N2O12. The molecule has 0 atom stereocenters. The Labute approximate surface area is 346 Å². The van der Waals surface area contributed by atoms with Crippen molar-refractivity contribution >= 4 is 50.9 Å². The predicted molar refractivity (Wildman–Crippen MR) is 221 cm³/mol. The number of ether oxygens (including phenoxy) is 8. The van der Waals surface area contributed by atoms with Gasteiger partial charge in [-0.05, 0) is 53.6 Å². The SMILES string of the molecule is CCCCN1C(=O)c2ccc3c4c(ccc(c24)C1=O)C(=O)N(c1cc2cc(c1)OCCOCCOCCOc1cc4ccccc4cc1OCCOCCOCCO2)C3=O. The number of benzene rings is 5. The van der Waals surface area contributed by atoms with Gasteiger partial charge < -0.3 is 37.9 Å². The lowest BCUT2D eigenvalue weighted by Crippen LogP contribution is -2.43. The van der Waals surface area contributed by atoms with Crippen molar-refractivity contribution in [1.29, 1.82) is 0 Å². The number of hydrogen-bond donors (Lipinski definition) is 0. The van der Waals surface area contributed by atoms with E-state index in [2.05, 4.69) is 0 Å². The minimum Gasteiger partial charge on any atom is -0.491 e. The summed E-state index contributed by atoms with van der Waals surface area (Å²) in [5.74, 6) is -0.168. The zero-order valence-corrected chi connectivity index (χ0v) is 33.4. The third-order valence-corrected chi connectivity index (χ3v) is 10.4. The quantitative estimate of drug-likeness (QED) is 0.183. The molecular weight excluding hydrogens is 773 g/mol. The van der Waals surface area contributed by atoms with E-state index in [1.807, 2.05) is 43.3 Å². The highest BCUT2D eigenvalue weighted by Crippen LogP contribution is 2.40. The van der Waals surface area contributed by atoms with E-state index in [1.165, 1.54) is 4.90 Å². The Hall–Kier alpha value is -6.06. The maximum atomic E-state index is 14.3. The van der Waals surface area contributed by atoms with Gasteiger partial charge in [-0.3, -0.25) is 24.1 Å². The van der Waals surface area contributed by atoms with Crippen LogP contribution in [-0.2, 0) is 18.9 Å². The molecule has 0 spiro atoms. The second-order valence-electron chi connectivity index (χ2n) is 14.3. The summed E-state index contributed by atoms with van der Waals surface area (Å²) in [6.45, 7) is 5.70. The number of amides is 4. The standard InChI is InChI=1S/C46H46N2O12/c1-2-3-12-47-43(49)35-8-10-37-42-38(11-9-36(41(35)42)44(47)50)46(52)48(45(37)51)32-27-33-29-34(28-32)58-22-18-54-14-16-56-20-24-60-40-26-31-7-5-4-6-30(31)25-39(40)59-23-19-55-15-13-53-17-21-57-33/h4-11,25-29H,2-3,12-24H2,1H3. The molecule has 0 saturated carbocycles. The van der Waals surface area contributed by atoms with E-state index in [1.54, 1.807) is 42.5 Å². The monoisotopic (exact) mass is 818 g/mol. The van der Waals surface area contributed by atoms with Crippen LogP contribution in [0.15, 0.2) is 78.9 Å². The molecule has 3 aliphatic heterocycles. The van der Waals surface area contributed by atoms with Crippen molar-refractivity contribution in [3.05, 3.63) is 101 Å². The van der Waals surface area contributed by atoms with Crippen molar-refractivity contribution in [2.75, 3.05) is 90.7 Å².